The third kappa shape index (κ3) is 3.84. The number of carbonyl (C=O) groups is 3. The number of carboxylic acid groups (broad SMARTS) is 1. The molecular weight excluding hydrogens is 272 g/mol. The first-order chi connectivity index (χ1) is 9.06. The lowest BCUT2D eigenvalue weighted by Gasteiger charge is -2.16. The molecule has 2 heterocycles. The van der Waals surface area contributed by atoms with Crippen LogP contribution in [0.1, 0.15) is 12.8 Å². The first kappa shape index (κ1) is 14.1. The Morgan fingerprint density at radius 2 is 2.26 bits per heavy atom. The molecule has 0 aromatic heterocycles. The molecule has 2 rings (SSSR count). The summed E-state index contributed by atoms with van der Waals surface area (Å²) in [5.74, 6) is -0.248. The summed E-state index contributed by atoms with van der Waals surface area (Å²) in [6.07, 6.45) is 0.0690. The number of hydrogen-bond donors (Lipinski definition) is 2. The van der Waals surface area contributed by atoms with Gasteiger partial charge in [0.2, 0.25) is 11.8 Å². The van der Waals surface area contributed by atoms with Crippen LogP contribution in [0.4, 0.5) is 0 Å². The van der Waals surface area contributed by atoms with Gasteiger partial charge in [-0.3, -0.25) is 9.59 Å². The Hall–Kier alpha value is -1.28. The second-order valence-corrected chi connectivity index (χ2v) is 5.49. The smallest absolute Gasteiger partial charge is 0.332 e. The van der Waals surface area contributed by atoms with Gasteiger partial charge in [0.05, 0.1) is 17.7 Å². The fourth-order valence-electron chi connectivity index (χ4n) is 2.03. The highest BCUT2D eigenvalue weighted by atomic mass is 32.2. The fraction of sp³-hybridized carbons (Fsp3) is 0.727. The molecule has 8 heteroatoms. The lowest BCUT2D eigenvalue weighted by atomic mass is 10.2. The Balaban J connectivity index is 1.67. The van der Waals surface area contributed by atoms with E-state index in [1.54, 1.807) is 0 Å². The van der Waals surface area contributed by atoms with Gasteiger partial charge < -0.3 is 20.1 Å². The molecule has 0 radical (unpaired) electrons. The van der Waals surface area contributed by atoms with E-state index < -0.39 is 12.1 Å². The molecule has 2 atom stereocenters. The minimum atomic E-state index is -0.964. The number of carbonyl (C=O) groups excluding carboxylic acids is 2. The molecular formula is C11H16N2O5S. The maximum Gasteiger partial charge on any atom is 0.332 e. The van der Waals surface area contributed by atoms with Crippen LogP contribution in [0.15, 0.2) is 0 Å². The summed E-state index contributed by atoms with van der Waals surface area (Å²) in [4.78, 5) is 35.1. The normalized spacial score (nSPS) is 26.7. The Morgan fingerprint density at radius 1 is 1.47 bits per heavy atom. The standard InChI is InChI=1S/C11H16N2O5S/c14-9(4-13-6-19-5-10(13)15)12-3-7-1-2-8(18-7)11(16)17/h7-8H,1-6H2,(H,12,14)(H,16,17). The van der Waals surface area contributed by atoms with Crippen LogP contribution in [-0.2, 0) is 19.1 Å². The average Bonchev–Trinajstić information content (AvgIpc) is 2.97. The molecule has 2 saturated heterocycles. The Bertz CT molecular complexity index is 389. The van der Waals surface area contributed by atoms with Gasteiger partial charge in [0.1, 0.15) is 6.54 Å². The Kier molecular flexibility index (Phi) is 4.65. The summed E-state index contributed by atoms with van der Waals surface area (Å²) in [6.45, 7) is 0.346. The summed E-state index contributed by atoms with van der Waals surface area (Å²) in [7, 11) is 0. The summed E-state index contributed by atoms with van der Waals surface area (Å²) in [6, 6.07) is 0. The molecule has 0 bridgehead atoms. The van der Waals surface area contributed by atoms with E-state index in [4.69, 9.17) is 9.84 Å². The van der Waals surface area contributed by atoms with Gasteiger partial charge in [-0.15, -0.1) is 11.8 Å². The number of hydrogen-bond acceptors (Lipinski definition) is 5. The molecule has 2 aliphatic heterocycles. The molecule has 2 fully saturated rings. The monoisotopic (exact) mass is 288 g/mol. The Labute approximate surface area is 114 Å². The van der Waals surface area contributed by atoms with E-state index in [-0.39, 0.29) is 31.0 Å². The molecule has 0 saturated carbocycles. The zero-order valence-electron chi connectivity index (χ0n) is 10.3. The van der Waals surface area contributed by atoms with Crippen molar-refractivity contribution in [1.82, 2.24) is 10.2 Å². The van der Waals surface area contributed by atoms with Gasteiger partial charge in [-0.25, -0.2) is 4.79 Å². The molecule has 2 amide bonds. The number of nitrogens with zero attached hydrogens (tertiary/aromatic N) is 1. The van der Waals surface area contributed by atoms with Crippen LogP contribution in [-0.4, -0.2) is 64.7 Å². The van der Waals surface area contributed by atoms with Crippen molar-refractivity contribution in [3.63, 3.8) is 0 Å². The molecule has 0 spiro atoms. The first-order valence-corrected chi connectivity index (χ1v) is 7.22. The number of thioether (sulfide) groups is 1. The van der Waals surface area contributed by atoms with Gasteiger partial charge in [0.15, 0.2) is 6.10 Å². The molecule has 0 aliphatic carbocycles. The van der Waals surface area contributed by atoms with Crippen LogP contribution >= 0.6 is 11.8 Å². The molecule has 19 heavy (non-hydrogen) atoms. The van der Waals surface area contributed by atoms with Crippen LogP contribution in [0.3, 0.4) is 0 Å². The maximum absolute atomic E-state index is 11.6. The highest BCUT2D eigenvalue weighted by molar-refractivity contribution is 8.00. The predicted molar refractivity (Wildman–Crippen MR) is 67.6 cm³/mol. The summed E-state index contributed by atoms with van der Waals surface area (Å²) < 4.78 is 5.27. The van der Waals surface area contributed by atoms with Crippen LogP contribution in [0.2, 0.25) is 0 Å². The highest BCUT2D eigenvalue weighted by Gasteiger charge is 2.30. The van der Waals surface area contributed by atoms with E-state index >= 15 is 0 Å². The minimum absolute atomic E-state index is 0.0248. The van der Waals surface area contributed by atoms with Crippen molar-refractivity contribution in [1.29, 1.82) is 0 Å². The van der Waals surface area contributed by atoms with Gasteiger partial charge in [-0.05, 0) is 12.8 Å². The van der Waals surface area contributed by atoms with Crippen molar-refractivity contribution in [2.45, 2.75) is 25.0 Å². The predicted octanol–water partition coefficient (Wildman–Crippen LogP) is -0.732. The molecule has 7 nitrogen and oxygen atoms in total. The van der Waals surface area contributed by atoms with Crippen molar-refractivity contribution in [3.05, 3.63) is 0 Å². The van der Waals surface area contributed by atoms with E-state index in [2.05, 4.69) is 5.32 Å². The van der Waals surface area contributed by atoms with E-state index in [1.165, 1.54) is 16.7 Å². The van der Waals surface area contributed by atoms with Gasteiger partial charge >= 0.3 is 5.97 Å². The third-order valence-electron chi connectivity index (χ3n) is 3.07. The second kappa shape index (κ2) is 6.25. The van der Waals surface area contributed by atoms with Crippen molar-refractivity contribution >= 4 is 29.5 Å². The quantitative estimate of drug-likeness (QED) is 0.692. The zero-order chi connectivity index (χ0) is 13.8. The van der Waals surface area contributed by atoms with E-state index in [0.29, 0.717) is 24.5 Å². The van der Waals surface area contributed by atoms with Crippen molar-refractivity contribution in [2.24, 2.45) is 0 Å². The van der Waals surface area contributed by atoms with Gasteiger partial charge in [0.25, 0.3) is 0 Å². The largest absolute Gasteiger partial charge is 0.479 e. The number of carboxylic acids is 1. The van der Waals surface area contributed by atoms with E-state index in [1.807, 2.05) is 0 Å². The summed E-state index contributed by atoms with van der Waals surface area (Å²) >= 11 is 1.49. The van der Waals surface area contributed by atoms with Crippen molar-refractivity contribution in [3.8, 4) is 0 Å². The van der Waals surface area contributed by atoms with Gasteiger partial charge in [0, 0.05) is 6.54 Å². The molecule has 2 aliphatic rings. The first-order valence-electron chi connectivity index (χ1n) is 6.06. The van der Waals surface area contributed by atoms with Crippen LogP contribution in [0.5, 0.6) is 0 Å². The Morgan fingerprint density at radius 3 is 2.84 bits per heavy atom. The van der Waals surface area contributed by atoms with Gasteiger partial charge in [-0.1, -0.05) is 0 Å². The zero-order valence-corrected chi connectivity index (χ0v) is 11.1. The van der Waals surface area contributed by atoms with Crippen molar-refractivity contribution < 1.29 is 24.2 Å². The minimum Gasteiger partial charge on any atom is -0.479 e. The molecule has 0 aromatic carbocycles. The van der Waals surface area contributed by atoms with E-state index in [0.717, 1.165) is 0 Å². The number of aliphatic carboxylic acids is 1. The number of ether oxygens (including phenoxy) is 1. The summed E-state index contributed by atoms with van der Waals surface area (Å²) in [5, 5.41) is 11.4. The highest BCUT2D eigenvalue weighted by Crippen LogP contribution is 2.19. The summed E-state index contributed by atoms with van der Waals surface area (Å²) in [5.41, 5.74) is 0. The van der Waals surface area contributed by atoms with Crippen LogP contribution in [0.25, 0.3) is 0 Å². The molecule has 106 valence electrons. The fourth-order valence-corrected chi connectivity index (χ4v) is 2.94. The number of rotatable bonds is 5. The van der Waals surface area contributed by atoms with Gasteiger partial charge in [-0.2, -0.15) is 0 Å². The lowest BCUT2D eigenvalue weighted by molar-refractivity contribution is -0.149. The van der Waals surface area contributed by atoms with Crippen LogP contribution in [0, 0.1) is 0 Å². The van der Waals surface area contributed by atoms with Crippen LogP contribution < -0.4 is 5.32 Å². The SMILES string of the molecule is O=C(CN1CSCC1=O)NCC1CCC(C(=O)O)O1. The lowest BCUT2D eigenvalue weighted by Crippen LogP contribution is -2.41. The molecule has 0 aromatic rings. The second-order valence-electron chi connectivity index (χ2n) is 4.54. The van der Waals surface area contributed by atoms with Crippen molar-refractivity contribution in [2.75, 3.05) is 24.7 Å². The van der Waals surface area contributed by atoms with E-state index in [9.17, 15) is 14.4 Å². The third-order valence-corrected chi connectivity index (χ3v) is 4.02. The number of nitrogens with one attached hydrogen (secondary N) is 1. The average molecular weight is 288 g/mol. The topological polar surface area (TPSA) is 95.9 Å². The molecule has 2 N–H and O–H groups in total. The number of amides is 2. The molecule has 2 unspecified atom stereocenters. The maximum atomic E-state index is 11.6.